The molecule has 0 saturated carbocycles. The first-order valence-electron chi connectivity index (χ1n) is 7.68. The molecule has 2 aromatic carbocycles. The Morgan fingerprint density at radius 1 is 1.08 bits per heavy atom. The molecule has 6 nitrogen and oxygen atoms in total. The molecule has 0 aliphatic carbocycles. The lowest BCUT2D eigenvalue weighted by molar-refractivity contribution is 0.600. The first kappa shape index (κ1) is 18.7. The van der Waals surface area contributed by atoms with Crippen molar-refractivity contribution < 1.29 is 8.42 Å². The Labute approximate surface area is 161 Å². The molecule has 1 N–H and O–H groups in total. The average molecular weight is 411 g/mol. The smallest absolute Gasteiger partial charge is 0.246 e. The standard InChI is InChI=1S/C17H16Cl2N4O2S/c1-11-8-16(12(2)7-15(11)19)26(24,25)22-17-20-10-23(21-17)9-13-3-5-14(18)6-4-13/h3-8,10H,9H2,1-2H3,(H,21,22). The Morgan fingerprint density at radius 2 is 1.77 bits per heavy atom. The monoisotopic (exact) mass is 410 g/mol. The highest BCUT2D eigenvalue weighted by molar-refractivity contribution is 7.92. The lowest BCUT2D eigenvalue weighted by Crippen LogP contribution is -2.16. The number of sulfonamides is 1. The van der Waals surface area contributed by atoms with E-state index < -0.39 is 10.0 Å². The maximum Gasteiger partial charge on any atom is 0.264 e. The van der Waals surface area contributed by atoms with Crippen LogP contribution in [0.3, 0.4) is 0 Å². The van der Waals surface area contributed by atoms with Crippen LogP contribution in [0.5, 0.6) is 0 Å². The van der Waals surface area contributed by atoms with E-state index in [1.165, 1.54) is 12.4 Å². The van der Waals surface area contributed by atoms with Crippen molar-refractivity contribution in [2.24, 2.45) is 0 Å². The molecular weight excluding hydrogens is 395 g/mol. The van der Waals surface area contributed by atoms with Gasteiger partial charge in [0.15, 0.2) is 0 Å². The summed E-state index contributed by atoms with van der Waals surface area (Å²) in [5.41, 5.74) is 2.20. The van der Waals surface area contributed by atoms with Crippen molar-refractivity contribution in [3.8, 4) is 0 Å². The molecular formula is C17H16Cl2N4O2S. The van der Waals surface area contributed by atoms with E-state index in [-0.39, 0.29) is 10.8 Å². The van der Waals surface area contributed by atoms with Gasteiger partial charge in [-0.05, 0) is 54.8 Å². The minimum atomic E-state index is -3.81. The number of aromatic nitrogens is 3. The molecule has 3 rings (SSSR count). The molecule has 136 valence electrons. The SMILES string of the molecule is Cc1cc(S(=O)(=O)Nc2ncn(Cc3ccc(Cl)cc3)n2)c(C)cc1Cl. The lowest BCUT2D eigenvalue weighted by Gasteiger charge is -2.10. The predicted molar refractivity (Wildman–Crippen MR) is 102 cm³/mol. The second-order valence-electron chi connectivity index (χ2n) is 5.86. The molecule has 0 atom stereocenters. The van der Waals surface area contributed by atoms with Gasteiger partial charge in [-0.25, -0.2) is 17.8 Å². The normalized spacial score (nSPS) is 11.5. The fourth-order valence-corrected chi connectivity index (χ4v) is 4.02. The molecule has 0 radical (unpaired) electrons. The van der Waals surface area contributed by atoms with Gasteiger partial charge in [0.2, 0.25) is 0 Å². The topological polar surface area (TPSA) is 76.9 Å². The van der Waals surface area contributed by atoms with E-state index in [1.54, 1.807) is 36.7 Å². The zero-order valence-corrected chi connectivity index (χ0v) is 16.4. The highest BCUT2D eigenvalue weighted by Crippen LogP contribution is 2.25. The van der Waals surface area contributed by atoms with E-state index in [4.69, 9.17) is 23.2 Å². The van der Waals surface area contributed by atoms with Gasteiger partial charge >= 0.3 is 0 Å². The van der Waals surface area contributed by atoms with Crippen LogP contribution in [0, 0.1) is 13.8 Å². The van der Waals surface area contributed by atoms with Crippen molar-refractivity contribution >= 4 is 39.2 Å². The average Bonchev–Trinajstić information content (AvgIpc) is 2.99. The van der Waals surface area contributed by atoms with Crippen LogP contribution in [-0.2, 0) is 16.6 Å². The number of aryl methyl sites for hydroxylation is 2. The van der Waals surface area contributed by atoms with E-state index in [2.05, 4.69) is 14.8 Å². The second kappa shape index (κ2) is 7.26. The van der Waals surface area contributed by atoms with Crippen LogP contribution < -0.4 is 4.72 Å². The van der Waals surface area contributed by atoms with Crippen LogP contribution in [0.4, 0.5) is 5.95 Å². The highest BCUT2D eigenvalue weighted by Gasteiger charge is 2.20. The van der Waals surface area contributed by atoms with Crippen molar-refractivity contribution in [1.82, 2.24) is 14.8 Å². The first-order chi connectivity index (χ1) is 12.2. The maximum absolute atomic E-state index is 12.6. The number of hydrogen-bond donors (Lipinski definition) is 1. The summed E-state index contributed by atoms with van der Waals surface area (Å²) in [5.74, 6) is 0.00552. The van der Waals surface area contributed by atoms with Crippen molar-refractivity contribution in [2.45, 2.75) is 25.3 Å². The van der Waals surface area contributed by atoms with Crippen LogP contribution in [0.25, 0.3) is 0 Å². The zero-order valence-electron chi connectivity index (χ0n) is 14.1. The third kappa shape index (κ3) is 4.17. The van der Waals surface area contributed by atoms with E-state index in [9.17, 15) is 8.42 Å². The summed E-state index contributed by atoms with van der Waals surface area (Å²) in [4.78, 5) is 4.17. The van der Waals surface area contributed by atoms with Crippen LogP contribution in [-0.4, -0.2) is 23.2 Å². The molecule has 1 heterocycles. The summed E-state index contributed by atoms with van der Waals surface area (Å²) >= 11 is 11.9. The molecule has 9 heteroatoms. The summed E-state index contributed by atoms with van der Waals surface area (Å²) in [5, 5.41) is 5.33. The van der Waals surface area contributed by atoms with E-state index in [0.717, 1.165) is 5.56 Å². The summed E-state index contributed by atoms with van der Waals surface area (Å²) in [6.07, 6.45) is 1.46. The molecule has 0 fully saturated rings. The Kier molecular flexibility index (Phi) is 5.22. The number of rotatable bonds is 5. The van der Waals surface area contributed by atoms with Crippen molar-refractivity contribution in [3.05, 3.63) is 69.5 Å². The summed E-state index contributed by atoms with van der Waals surface area (Å²) in [6, 6.07) is 10.5. The van der Waals surface area contributed by atoms with Crippen molar-refractivity contribution in [3.63, 3.8) is 0 Å². The fourth-order valence-electron chi connectivity index (χ4n) is 2.41. The third-order valence-electron chi connectivity index (χ3n) is 3.77. The first-order valence-corrected chi connectivity index (χ1v) is 9.92. The van der Waals surface area contributed by atoms with E-state index in [0.29, 0.717) is 27.7 Å². The largest absolute Gasteiger partial charge is 0.264 e. The van der Waals surface area contributed by atoms with Gasteiger partial charge in [-0.1, -0.05) is 35.3 Å². The Balaban J connectivity index is 1.80. The number of halogens is 2. The highest BCUT2D eigenvalue weighted by atomic mass is 35.5. The zero-order chi connectivity index (χ0) is 18.9. The maximum atomic E-state index is 12.6. The molecule has 3 aromatic rings. The number of anilines is 1. The third-order valence-corrected chi connectivity index (χ3v) is 5.90. The van der Waals surface area contributed by atoms with E-state index >= 15 is 0 Å². The predicted octanol–water partition coefficient (Wildman–Crippen LogP) is 4.05. The Bertz CT molecular complexity index is 1050. The second-order valence-corrected chi connectivity index (χ2v) is 8.36. The minimum absolute atomic E-state index is 0.00552. The number of nitrogens with one attached hydrogen (secondary N) is 1. The molecule has 0 spiro atoms. The molecule has 1 aromatic heterocycles. The quantitative estimate of drug-likeness (QED) is 0.687. The van der Waals surface area contributed by atoms with Gasteiger partial charge in [0.25, 0.3) is 16.0 Å². The van der Waals surface area contributed by atoms with Gasteiger partial charge in [0.05, 0.1) is 11.4 Å². The fraction of sp³-hybridized carbons (Fsp3) is 0.176. The molecule has 0 bridgehead atoms. The van der Waals surface area contributed by atoms with Crippen LogP contribution >= 0.6 is 23.2 Å². The molecule has 0 saturated heterocycles. The van der Waals surface area contributed by atoms with Gasteiger partial charge in [-0.15, -0.1) is 5.10 Å². The summed E-state index contributed by atoms with van der Waals surface area (Å²) < 4.78 is 29.2. The number of benzene rings is 2. The Morgan fingerprint density at radius 3 is 2.46 bits per heavy atom. The van der Waals surface area contributed by atoms with Crippen LogP contribution in [0.1, 0.15) is 16.7 Å². The molecule has 26 heavy (non-hydrogen) atoms. The van der Waals surface area contributed by atoms with E-state index in [1.807, 2.05) is 12.1 Å². The summed E-state index contributed by atoms with van der Waals surface area (Å²) in [7, 11) is -3.81. The summed E-state index contributed by atoms with van der Waals surface area (Å²) in [6.45, 7) is 3.89. The molecule has 0 unspecified atom stereocenters. The number of hydrogen-bond acceptors (Lipinski definition) is 4. The van der Waals surface area contributed by atoms with Crippen molar-refractivity contribution in [1.29, 1.82) is 0 Å². The van der Waals surface area contributed by atoms with Gasteiger partial charge in [-0.2, -0.15) is 4.98 Å². The van der Waals surface area contributed by atoms with Crippen LogP contribution in [0.2, 0.25) is 10.0 Å². The van der Waals surface area contributed by atoms with Gasteiger partial charge in [0.1, 0.15) is 6.33 Å². The van der Waals surface area contributed by atoms with Crippen molar-refractivity contribution in [2.75, 3.05) is 4.72 Å². The van der Waals surface area contributed by atoms with Gasteiger partial charge < -0.3 is 0 Å². The number of nitrogens with zero attached hydrogens (tertiary/aromatic N) is 3. The lowest BCUT2D eigenvalue weighted by atomic mass is 10.2. The minimum Gasteiger partial charge on any atom is -0.246 e. The molecule has 0 aliphatic heterocycles. The van der Waals surface area contributed by atoms with Gasteiger partial charge in [-0.3, -0.25) is 0 Å². The van der Waals surface area contributed by atoms with Gasteiger partial charge in [0, 0.05) is 10.0 Å². The van der Waals surface area contributed by atoms with Crippen LogP contribution in [0.15, 0.2) is 47.6 Å². The Hall–Kier alpha value is -2.09. The molecule has 0 amide bonds. The molecule has 0 aliphatic rings.